The Morgan fingerprint density at radius 2 is 1.72 bits per heavy atom. The van der Waals surface area contributed by atoms with Crippen molar-refractivity contribution in [1.29, 1.82) is 0 Å². The maximum absolute atomic E-state index is 12.7. The van der Waals surface area contributed by atoms with Gasteiger partial charge in [-0.3, -0.25) is 4.79 Å². The number of amides is 1. The lowest BCUT2D eigenvalue weighted by molar-refractivity contribution is 0.0746. The second-order valence-corrected chi connectivity index (χ2v) is 6.95. The average molecular weight is 356 g/mol. The number of nitrogens with zero attached hydrogens (tertiary/aromatic N) is 2. The summed E-state index contributed by atoms with van der Waals surface area (Å²) in [5.74, 6) is 1.98. The normalized spacial score (nSPS) is 14.5. The molecule has 0 unspecified atom stereocenters. The largest absolute Gasteiger partial charge is 0.495 e. The van der Waals surface area contributed by atoms with Gasteiger partial charge in [0.15, 0.2) is 0 Å². The van der Waals surface area contributed by atoms with Gasteiger partial charge in [0.2, 0.25) is 0 Å². The van der Waals surface area contributed by atoms with Crippen molar-refractivity contribution in [1.82, 2.24) is 4.90 Å². The van der Waals surface area contributed by atoms with Crippen molar-refractivity contribution in [3.63, 3.8) is 0 Å². The summed E-state index contributed by atoms with van der Waals surface area (Å²) in [5, 5.41) is 0. The van der Waals surface area contributed by atoms with Crippen LogP contribution in [0.1, 0.15) is 15.9 Å². The van der Waals surface area contributed by atoms with Gasteiger partial charge in [0.05, 0.1) is 12.8 Å². The fourth-order valence-corrected chi connectivity index (χ4v) is 3.66. The summed E-state index contributed by atoms with van der Waals surface area (Å²) in [6.45, 7) is 3.08. The summed E-state index contributed by atoms with van der Waals surface area (Å²) in [6.07, 6.45) is 2.08. The third kappa shape index (κ3) is 4.10. The molecule has 1 heterocycles. The van der Waals surface area contributed by atoms with E-state index >= 15 is 0 Å². The molecule has 1 saturated heterocycles. The average Bonchev–Trinajstić information content (AvgIpc) is 2.68. The van der Waals surface area contributed by atoms with Crippen LogP contribution >= 0.6 is 11.8 Å². The Morgan fingerprint density at radius 3 is 2.36 bits per heavy atom. The summed E-state index contributed by atoms with van der Waals surface area (Å²) in [4.78, 5) is 16.9. The number of anilines is 1. The Hall–Kier alpha value is -2.14. The van der Waals surface area contributed by atoms with Crippen LogP contribution in [0.5, 0.6) is 5.75 Å². The first-order valence-corrected chi connectivity index (χ1v) is 9.87. The van der Waals surface area contributed by atoms with Crippen LogP contribution in [0.2, 0.25) is 0 Å². The smallest absolute Gasteiger partial charge is 0.253 e. The minimum absolute atomic E-state index is 0.121. The molecule has 0 spiro atoms. The molecule has 1 fully saturated rings. The Labute approximate surface area is 153 Å². The first kappa shape index (κ1) is 17.7. The zero-order chi connectivity index (χ0) is 17.6. The zero-order valence-electron chi connectivity index (χ0n) is 14.8. The maximum Gasteiger partial charge on any atom is 0.253 e. The number of benzene rings is 2. The number of ether oxygens (including phenoxy) is 1. The predicted octanol–water partition coefficient (Wildman–Crippen LogP) is 3.52. The summed E-state index contributed by atoms with van der Waals surface area (Å²) in [5.41, 5.74) is 3.12. The van der Waals surface area contributed by atoms with E-state index < -0.39 is 0 Å². The molecule has 0 bridgehead atoms. The van der Waals surface area contributed by atoms with Gasteiger partial charge < -0.3 is 14.5 Å². The molecular formula is C20H24N2O2S. The number of carbonyl (C=O) groups is 1. The molecule has 1 aliphatic rings. The first-order chi connectivity index (χ1) is 12.2. The van der Waals surface area contributed by atoms with Gasteiger partial charge in [0, 0.05) is 37.5 Å². The molecule has 0 N–H and O–H groups in total. The molecule has 0 aliphatic carbocycles. The summed E-state index contributed by atoms with van der Waals surface area (Å²) >= 11 is 1.79. The van der Waals surface area contributed by atoms with Crippen LogP contribution in [-0.4, -0.2) is 50.4 Å². The third-order valence-corrected chi connectivity index (χ3v) is 5.13. The molecule has 4 nitrogen and oxygen atoms in total. The SMILES string of the molecule is COc1ccccc1N1CCN(C(=O)c2ccc(CSC)cc2)CC1. The molecule has 5 heteroatoms. The molecule has 0 radical (unpaired) electrons. The highest BCUT2D eigenvalue weighted by Gasteiger charge is 2.23. The number of piperazine rings is 1. The Morgan fingerprint density at radius 1 is 1.04 bits per heavy atom. The predicted molar refractivity (Wildman–Crippen MR) is 105 cm³/mol. The molecule has 0 atom stereocenters. The van der Waals surface area contributed by atoms with Crippen molar-refractivity contribution in [3.8, 4) is 5.75 Å². The van der Waals surface area contributed by atoms with Crippen molar-refractivity contribution in [2.45, 2.75) is 5.75 Å². The van der Waals surface area contributed by atoms with Gasteiger partial charge in [-0.05, 0) is 36.1 Å². The molecule has 1 amide bonds. The number of hydrogen-bond donors (Lipinski definition) is 0. The van der Waals surface area contributed by atoms with E-state index in [0.717, 1.165) is 48.9 Å². The first-order valence-electron chi connectivity index (χ1n) is 8.48. The van der Waals surface area contributed by atoms with Crippen molar-refractivity contribution in [2.24, 2.45) is 0 Å². The summed E-state index contributed by atoms with van der Waals surface area (Å²) in [7, 11) is 1.69. The fourth-order valence-electron chi connectivity index (χ4n) is 3.13. The highest BCUT2D eigenvalue weighted by Crippen LogP contribution is 2.28. The molecule has 0 saturated carbocycles. The van der Waals surface area contributed by atoms with Crippen molar-refractivity contribution < 1.29 is 9.53 Å². The van der Waals surface area contributed by atoms with Crippen molar-refractivity contribution in [2.75, 3.05) is 44.4 Å². The number of thioether (sulfide) groups is 1. The van der Waals surface area contributed by atoms with Gasteiger partial charge in [0.25, 0.3) is 5.91 Å². The second-order valence-electron chi connectivity index (χ2n) is 6.08. The van der Waals surface area contributed by atoms with E-state index in [9.17, 15) is 4.79 Å². The Kier molecular flexibility index (Phi) is 5.87. The number of para-hydroxylation sites is 2. The molecule has 25 heavy (non-hydrogen) atoms. The van der Waals surface area contributed by atoms with Crippen LogP contribution in [0.3, 0.4) is 0 Å². The monoisotopic (exact) mass is 356 g/mol. The number of carbonyl (C=O) groups excluding carboxylic acids is 1. The van der Waals surface area contributed by atoms with Crippen LogP contribution in [0.25, 0.3) is 0 Å². The maximum atomic E-state index is 12.7. The molecule has 2 aromatic carbocycles. The van der Waals surface area contributed by atoms with Crippen LogP contribution < -0.4 is 9.64 Å². The van der Waals surface area contributed by atoms with E-state index in [1.807, 2.05) is 35.2 Å². The minimum Gasteiger partial charge on any atom is -0.495 e. The van der Waals surface area contributed by atoms with Gasteiger partial charge in [-0.2, -0.15) is 11.8 Å². The molecule has 0 aromatic heterocycles. The van der Waals surface area contributed by atoms with E-state index in [1.54, 1.807) is 18.9 Å². The quantitative estimate of drug-likeness (QED) is 0.821. The van der Waals surface area contributed by atoms with Crippen molar-refractivity contribution in [3.05, 3.63) is 59.7 Å². The summed E-state index contributed by atoms with van der Waals surface area (Å²) < 4.78 is 5.45. The van der Waals surface area contributed by atoms with Gasteiger partial charge in [-0.1, -0.05) is 24.3 Å². The lowest BCUT2D eigenvalue weighted by Gasteiger charge is -2.36. The van der Waals surface area contributed by atoms with Gasteiger partial charge in [0.1, 0.15) is 5.75 Å². The number of hydrogen-bond acceptors (Lipinski definition) is 4. The van der Waals surface area contributed by atoms with E-state index in [1.165, 1.54) is 5.56 Å². The summed E-state index contributed by atoms with van der Waals surface area (Å²) in [6, 6.07) is 16.0. The molecule has 1 aliphatic heterocycles. The van der Waals surface area contributed by atoms with Crippen LogP contribution in [0, 0.1) is 0 Å². The highest BCUT2D eigenvalue weighted by atomic mass is 32.2. The minimum atomic E-state index is 0.121. The van der Waals surface area contributed by atoms with E-state index in [2.05, 4.69) is 29.4 Å². The third-order valence-electron chi connectivity index (χ3n) is 4.50. The van der Waals surface area contributed by atoms with Crippen LogP contribution in [0.15, 0.2) is 48.5 Å². The molecule has 2 aromatic rings. The van der Waals surface area contributed by atoms with Crippen LogP contribution in [-0.2, 0) is 5.75 Å². The second kappa shape index (κ2) is 8.30. The van der Waals surface area contributed by atoms with Gasteiger partial charge >= 0.3 is 0 Å². The van der Waals surface area contributed by atoms with Crippen molar-refractivity contribution >= 4 is 23.4 Å². The topological polar surface area (TPSA) is 32.8 Å². The Balaban J connectivity index is 1.62. The van der Waals surface area contributed by atoms with E-state index in [4.69, 9.17) is 4.74 Å². The fraction of sp³-hybridized carbons (Fsp3) is 0.350. The molecule has 3 rings (SSSR count). The number of rotatable bonds is 5. The van der Waals surface area contributed by atoms with E-state index in [-0.39, 0.29) is 5.91 Å². The molecule has 132 valence electrons. The van der Waals surface area contributed by atoms with Crippen LogP contribution in [0.4, 0.5) is 5.69 Å². The lowest BCUT2D eigenvalue weighted by atomic mass is 10.1. The highest BCUT2D eigenvalue weighted by molar-refractivity contribution is 7.97. The Bertz CT molecular complexity index is 710. The van der Waals surface area contributed by atoms with Gasteiger partial charge in [-0.25, -0.2) is 0 Å². The molecular weight excluding hydrogens is 332 g/mol. The standard InChI is InChI=1S/C20H24N2O2S/c1-24-19-6-4-3-5-18(19)21-11-13-22(14-12-21)20(23)17-9-7-16(8-10-17)15-25-2/h3-10H,11-15H2,1-2H3. The zero-order valence-corrected chi connectivity index (χ0v) is 15.6. The van der Waals surface area contributed by atoms with E-state index in [0.29, 0.717) is 0 Å². The number of methoxy groups -OCH3 is 1. The van der Waals surface area contributed by atoms with Gasteiger partial charge in [-0.15, -0.1) is 0 Å². The lowest BCUT2D eigenvalue weighted by Crippen LogP contribution is -2.48.